The maximum absolute atomic E-state index is 12.3. The molecular formula is C13H16N4O2S. The van der Waals surface area contributed by atoms with E-state index < -0.39 is 10.0 Å². The highest BCUT2D eigenvalue weighted by molar-refractivity contribution is 7.89. The Morgan fingerprint density at radius 3 is 2.65 bits per heavy atom. The molecule has 2 rings (SSSR count). The van der Waals surface area contributed by atoms with E-state index >= 15 is 0 Å². The number of nitrogens with zero attached hydrogens (tertiary/aromatic N) is 1. The van der Waals surface area contributed by atoms with E-state index in [1.807, 2.05) is 13.0 Å². The second-order valence-electron chi connectivity index (χ2n) is 4.23. The first-order chi connectivity index (χ1) is 9.54. The fraction of sp³-hybridized carbons (Fsp3) is 0.154. The average Bonchev–Trinajstić information content (AvgIpc) is 2.46. The number of nitrogen functional groups attached to an aromatic ring is 1. The van der Waals surface area contributed by atoms with Crippen molar-refractivity contribution in [2.75, 3.05) is 5.43 Å². The minimum Gasteiger partial charge on any atom is -0.323 e. The van der Waals surface area contributed by atoms with E-state index in [1.165, 1.54) is 6.07 Å². The van der Waals surface area contributed by atoms with Crippen molar-refractivity contribution in [2.45, 2.75) is 18.4 Å². The van der Waals surface area contributed by atoms with E-state index in [0.717, 1.165) is 5.56 Å². The monoisotopic (exact) mass is 292 g/mol. The second kappa shape index (κ2) is 6.00. The number of hydrogen-bond acceptors (Lipinski definition) is 5. The number of rotatable bonds is 5. The highest BCUT2D eigenvalue weighted by Crippen LogP contribution is 2.19. The molecule has 0 unspecified atom stereocenters. The standard InChI is InChI=1S/C13H16N4O2S/c1-10-5-4-8-15-12(10)9-16-20(18,19)13-7-3-2-6-11(13)17-14/h2-8,16-17H,9,14H2,1H3. The fourth-order valence-electron chi connectivity index (χ4n) is 1.76. The van der Waals surface area contributed by atoms with Gasteiger partial charge in [0.25, 0.3) is 0 Å². The van der Waals surface area contributed by atoms with Gasteiger partial charge in [-0.2, -0.15) is 0 Å². The number of hydrogen-bond donors (Lipinski definition) is 3. The smallest absolute Gasteiger partial charge is 0.243 e. The Labute approximate surface area is 118 Å². The Hall–Kier alpha value is -1.96. The van der Waals surface area contributed by atoms with E-state index in [2.05, 4.69) is 15.1 Å². The van der Waals surface area contributed by atoms with Crippen LogP contribution in [0.5, 0.6) is 0 Å². The van der Waals surface area contributed by atoms with Crippen LogP contribution < -0.4 is 16.0 Å². The van der Waals surface area contributed by atoms with Crippen LogP contribution in [0.3, 0.4) is 0 Å². The number of anilines is 1. The topological polar surface area (TPSA) is 97.1 Å². The zero-order chi connectivity index (χ0) is 14.6. The molecule has 1 aromatic heterocycles. The van der Waals surface area contributed by atoms with Gasteiger partial charge in [0.1, 0.15) is 4.90 Å². The first-order valence-electron chi connectivity index (χ1n) is 6.00. The van der Waals surface area contributed by atoms with Gasteiger partial charge in [0, 0.05) is 6.20 Å². The van der Waals surface area contributed by atoms with Crippen molar-refractivity contribution in [3.63, 3.8) is 0 Å². The first-order valence-corrected chi connectivity index (χ1v) is 7.49. The summed E-state index contributed by atoms with van der Waals surface area (Å²) in [6, 6.07) is 10.1. The van der Waals surface area contributed by atoms with Gasteiger partial charge in [-0.05, 0) is 30.7 Å². The average molecular weight is 292 g/mol. The molecule has 7 heteroatoms. The molecule has 0 aliphatic carbocycles. The molecule has 6 nitrogen and oxygen atoms in total. The number of nitrogens with one attached hydrogen (secondary N) is 2. The zero-order valence-electron chi connectivity index (χ0n) is 11.0. The molecule has 106 valence electrons. The molecule has 0 amide bonds. The molecule has 0 atom stereocenters. The van der Waals surface area contributed by atoms with Crippen molar-refractivity contribution in [1.82, 2.24) is 9.71 Å². The molecule has 2 aromatic rings. The maximum Gasteiger partial charge on any atom is 0.243 e. The van der Waals surface area contributed by atoms with Crippen molar-refractivity contribution in [3.8, 4) is 0 Å². The number of hydrazine groups is 1. The lowest BCUT2D eigenvalue weighted by molar-refractivity contribution is 0.580. The summed E-state index contributed by atoms with van der Waals surface area (Å²) in [6.45, 7) is 2.01. The molecule has 1 aromatic carbocycles. The van der Waals surface area contributed by atoms with Crippen LogP contribution in [0.15, 0.2) is 47.5 Å². The lowest BCUT2D eigenvalue weighted by Gasteiger charge is -2.11. The predicted molar refractivity (Wildman–Crippen MR) is 77.3 cm³/mol. The molecule has 0 bridgehead atoms. The Balaban J connectivity index is 2.22. The summed E-state index contributed by atoms with van der Waals surface area (Å²) < 4.78 is 27.0. The summed E-state index contributed by atoms with van der Waals surface area (Å²) >= 11 is 0. The van der Waals surface area contributed by atoms with Crippen molar-refractivity contribution < 1.29 is 8.42 Å². The second-order valence-corrected chi connectivity index (χ2v) is 5.97. The normalized spacial score (nSPS) is 11.3. The van der Waals surface area contributed by atoms with Crippen molar-refractivity contribution in [3.05, 3.63) is 53.9 Å². The third-order valence-electron chi connectivity index (χ3n) is 2.88. The maximum atomic E-state index is 12.3. The highest BCUT2D eigenvalue weighted by Gasteiger charge is 2.17. The number of pyridine rings is 1. The fourth-order valence-corrected chi connectivity index (χ4v) is 2.92. The van der Waals surface area contributed by atoms with Crippen LogP contribution in [0.25, 0.3) is 0 Å². The Bertz CT molecular complexity index is 701. The van der Waals surface area contributed by atoms with E-state index in [1.54, 1.807) is 30.5 Å². The van der Waals surface area contributed by atoms with Gasteiger partial charge < -0.3 is 5.43 Å². The summed E-state index contributed by atoms with van der Waals surface area (Å²) in [6.07, 6.45) is 1.63. The molecule has 4 N–H and O–H groups in total. The van der Waals surface area contributed by atoms with Gasteiger partial charge in [-0.1, -0.05) is 18.2 Å². The van der Waals surface area contributed by atoms with E-state index in [9.17, 15) is 8.42 Å². The van der Waals surface area contributed by atoms with Crippen LogP contribution in [-0.2, 0) is 16.6 Å². The molecule has 0 radical (unpaired) electrons. The minimum absolute atomic E-state index is 0.107. The number of para-hydroxylation sites is 1. The molecule has 0 aliphatic heterocycles. The van der Waals surface area contributed by atoms with Gasteiger partial charge >= 0.3 is 0 Å². The van der Waals surface area contributed by atoms with Gasteiger partial charge in [0.05, 0.1) is 17.9 Å². The van der Waals surface area contributed by atoms with Crippen LogP contribution in [0.1, 0.15) is 11.3 Å². The van der Waals surface area contributed by atoms with Crippen LogP contribution in [-0.4, -0.2) is 13.4 Å². The van der Waals surface area contributed by atoms with Crippen LogP contribution in [0.2, 0.25) is 0 Å². The lowest BCUT2D eigenvalue weighted by Crippen LogP contribution is -2.25. The van der Waals surface area contributed by atoms with Crippen LogP contribution in [0.4, 0.5) is 5.69 Å². The van der Waals surface area contributed by atoms with Gasteiger partial charge in [0.2, 0.25) is 10.0 Å². The molecule has 1 heterocycles. The van der Waals surface area contributed by atoms with Gasteiger partial charge in [-0.3, -0.25) is 10.8 Å². The largest absolute Gasteiger partial charge is 0.323 e. The van der Waals surface area contributed by atoms with Gasteiger partial charge in [-0.25, -0.2) is 13.1 Å². The summed E-state index contributed by atoms with van der Waals surface area (Å²) in [4.78, 5) is 4.26. The number of nitrogens with two attached hydrogens (primary N) is 1. The zero-order valence-corrected chi connectivity index (χ0v) is 11.8. The third kappa shape index (κ3) is 3.13. The Kier molecular flexibility index (Phi) is 4.33. The molecular weight excluding hydrogens is 276 g/mol. The molecule has 0 spiro atoms. The molecule has 0 saturated carbocycles. The van der Waals surface area contributed by atoms with Crippen LogP contribution in [0, 0.1) is 6.92 Å². The van der Waals surface area contributed by atoms with Crippen molar-refractivity contribution >= 4 is 15.7 Å². The molecule has 0 aliphatic rings. The van der Waals surface area contributed by atoms with Crippen LogP contribution >= 0.6 is 0 Å². The third-order valence-corrected chi connectivity index (χ3v) is 4.34. The van der Waals surface area contributed by atoms with Gasteiger partial charge in [0.15, 0.2) is 0 Å². The van der Waals surface area contributed by atoms with E-state index in [0.29, 0.717) is 11.4 Å². The Morgan fingerprint density at radius 2 is 1.95 bits per heavy atom. The first kappa shape index (κ1) is 14.4. The summed E-state index contributed by atoms with van der Waals surface area (Å²) in [7, 11) is -3.65. The van der Waals surface area contributed by atoms with E-state index in [-0.39, 0.29) is 11.4 Å². The Morgan fingerprint density at radius 1 is 1.20 bits per heavy atom. The quantitative estimate of drug-likeness (QED) is 0.567. The SMILES string of the molecule is Cc1cccnc1CNS(=O)(=O)c1ccccc1NN. The minimum atomic E-state index is -3.65. The molecule has 20 heavy (non-hydrogen) atoms. The summed E-state index contributed by atoms with van der Waals surface area (Å²) in [5.74, 6) is 5.32. The lowest BCUT2D eigenvalue weighted by atomic mass is 10.2. The molecule has 0 fully saturated rings. The summed E-state index contributed by atoms with van der Waals surface area (Å²) in [5, 5.41) is 0. The number of benzene rings is 1. The van der Waals surface area contributed by atoms with E-state index in [4.69, 9.17) is 5.84 Å². The summed E-state index contributed by atoms with van der Waals surface area (Å²) in [5.41, 5.74) is 4.34. The van der Waals surface area contributed by atoms with Crippen molar-refractivity contribution in [2.24, 2.45) is 5.84 Å². The number of aromatic nitrogens is 1. The predicted octanol–water partition coefficient (Wildman–Crippen LogP) is 1.15. The number of sulfonamides is 1. The number of aryl methyl sites for hydroxylation is 1. The van der Waals surface area contributed by atoms with Crippen molar-refractivity contribution in [1.29, 1.82) is 0 Å². The molecule has 0 saturated heterocycles. The highest BCUT2D eigenvalue weighted by atomic mass is 32.2. The van der Waals surface area contributed by atoms with Gasteiger partial charge in [-0.15, -0.1) is 0 Å².